The summed E-state index contributed by atoms with van der Waals surface area (Å²) in [5.74, 6) is 1.10. The van der Waals surface area contributed by atoms with E-state index in [2.05, 4.69) is 43.5 Å². The molecule has 0 bridgehead atoms. The van der Waals surface area contributed by atoms with Gasteiger partial charge in [0.15, 0.2) is 0 Å². The van der Waals surface area contributed by atoms with Crippen molar-refractivity contribution in [3.05, 3.63) is 24.3 Å². The minimum absolute atomic E-state index is 0.335. The number of ether oxygens (including phenoxy) is 2. The lowest BCUT2D eigenvalue weighted by molar-refractivity contribution is 0.0353. The number of morpholine rings is 1. The van der Waals surface area contributed by atoms with Crippen molar-refractivity contribution in [3.63, 3.8) is 0 Å². The molecule has 7 nitrogen and oxygen atoms in total. The average molecular weight is 386 g/mol. The van der Waals surface area contributed by atoms with Crippen molar-refractivity contribution in [2.75, 3.05) is 64.1 Å². The molecule has 3 aliphatic heterocycles. The van der Waals surface area contributed by atoms with Crippen molar-refractivity contribution in [2.24, 2.45) is 0 Å². The van der Waals surface area contributed by atoms with Gasteiger partial charge in [0.2, 0.25) is 5.95 Å². The highest BCUT2D eigenvalue weighted by atomic mass is 16.5. The number of imidazole rings is 1. The first-order chi connectivity index (χ1) is 13.9. The first-order valence-corrected chi connectivity index (χ1v) is 10.7. The smallest absolute Gasteiger partial charge is 0.208 e. The van der Waals surface area contributed by atoms with Gasteiger partial charge in [-0.05, 0) is 37.9 Å². The number of rotatable bonds is 6. The summed E-state index contributed by atoms with van der Waals surface area (Å²) in [6.07, 6.45) is 3.86. The Morgan fingerprint density at radius 3 is 2.71 bits per heavy atom. The van der Waals surface area contributed by atoms with E-state index in [0.29, 0.717) is 6.10 Å². The molecule has 0 N–H and O–H groups in total. The molecule has 0 saturated carbocycles. The third-order valence-corrected chi connectivity index (χ3v) is 6.13. The fourth-order valence-electron chi connectivity index (χ4n) is 4.65. The Kier molecular flexibility index (Phi) is 5.49. The molecule has 1 aromatic heterocycles. The van der Waals surface area contributed by atoms with Crippen LogP contribution in [0.1, 0.15) is 19.3 Å². The Balaban J connectivity index is 1.29. The van der Waals surface area contributed by atoms with Gasteiger partial charge >= 0.3 is 0 Å². The summed E-state index contributed by atoms with van der Waals surface area (Å²) in [5.41, 5.74) is 2.32. The summed E-state index contributed by atoms with van der Waals surface area (Å²) in [6.45, 7) is 9.85. The van der Waals surface area contributed by atoms with E-state index in [4.69, 9.17) is 14.5 Å². The summed E-state index contributed by atoms with van der Waals surface area (Å²) in [5, 5.41) is 0. The van der Waals surface area contributed by atoms with Gasteiger partial charge in [-0.2, -0.15) is 0 Å². The number of aromatic nitrogens is 2. The van der Waals surface area contributed by atoms with Crippen molar-refractivity contribution >= 4 is 17.0 Å². The van der Waals surface area contributed by atoms with Crippen molar-refractivity contribution in [1.29, 1.82) is 0 Å². The van der Waals surface area contributed by atoms with Crippen LogP contribution in [0, 0.1) is 0 Å². The molecule has 7 heteroatoms. The molecule has 28 heavy (non-hydrogen) atoms. The van der Waals surface area contributed by atoms with Crippen LogP contribution in [0.4, 0.5) is 5.95 Å². The molecule has 5 rings (SSSR count). The fraction of sp³-hybridized carbons (Fsp3) is 0.667. The van der Waals surface area contributed by atoms with E-state index in [-0.39, 0.29) is 0 Å². The maximum atomic E-state index is 5.92. The van der Waals surface area contributed by atoms with Crippen LogP contribution in [0.25, 0.3) is 11.0 Å². The quantitative estimate of drug-likeness (QED) is 0.758. The number of para-hydroxylation sites is 2. The topological polar surface area (TPSA) is 46.0 Å². The summed E-state index contributed by atoms with van der Waals surface area (Å²) < 4.78 is 13.8. The first-order valence-electron chi connectivity index (χ1n) is 10.7. The summed E-state index contributed by atoms with van der Waals surface area (Å²) in [6, 6.07) is 8.49. The van der Waals surface area contributed by atoms with E-state index in [0.717, 1.165) is 83.8 Å². The summed E-state index contributed by atoms with van der Waals surface area (Å²) >= 11 is 0. The number of hydrogen-bond donors (Lipinski definition) is 0. The largest absolute Gasteiger partial charge is 0.379 e. The maximum Gasteiger partial charge on any atom is 0.208 e. The van der Waals surface area contributed by atoms with Gasteiger partial charge in [-0.1, -0.05) is 12.1 Å². The van der Waals surface area contributed by atoms with Gasteiger partial charge in [0.25, 0.3) is 0 Å². The van der Waals surface area contributed by atoms with Gasteiger partial charge in [0.1, 0.15) is 0 Å². The Hall–Kier alpha value is -1.67. The highest BCUT2D eigenvalue weighted by Gasteiger charge is 2.29. The van der Waals surface area contributed by atoms with Crippen LogP contribution in [-0.4, -0.2) is 84.7 Å². The predicted molar refractivity (Wildman–Crippen MR) is 110 cm³/mol. The molecular weight excluding hydrogens is 354 g/mol. The molecule has 2 aromatic rings. The first kappa shape index (κ1) is 18.4. The van der Waals surface area contributed by atoms with Crippen molar-refractivity contribution < 1.29 is 9.47 Å². The van der Waals surface area contributed by atoms with E-state index in [1.165, 1.54) is 18.4 Å². The molecule has 0 aliphatic carbocycles. The Morgan fingerprint density at radius 1 is 1.00 bits per heavy atom. The molecule has 2 fully saturated rings. The third-order valence-electron chi connectivity index (χ3n) is 6.13. The van der Waals surface area contributed by atoms with Crippen LogP contribution in [0.2, 0.25) is 0 Å². The third kappa shape index (κ3) is 3.89. The van der Waals surface area contributed by atoms with Crippen LogP contribution in [-0.2, 0) is 16.1 Å². The fourth-order valence-corrected chi connectivity index (χ4v) is 4.65. The van der Waals surface area contributed by atoms with Crippen LogP contribution < -0.4 is 4.90 Å². The highest BCUT2D eigenvalue weighted by Crippen LogP contribution is 2.28. The van der Waals surface area contributed by atoms with E-state index >= 15 is 0 Å². The van der Waals surface area contributed by atoms with E-state index in [9.17, 15) is 0 Å². The molecule has 152 valence electrons. The second-order valence-corrected chi connectivity index (χ2v) is 8.17. The molecule has 0 radical (unpaired) electrons. The minimum atomic E-state index is 0.335. The van der Waals surface area contributed by atoms with Gasteiger partial charge in [0.05, 0.1) is 43.7 Å². The minimum Gasteiger partial charge on any atom is -0.379 e. The standard InChI is InChI=1S/C21H31N5O2/c1-2-7-20-19(6-1)22-21-25(15-18-5-3-12-28-18)16-24(17-26(20)21)9-4-8-23-10-13-27-14-11-23/h1-2,6-7,18H,3-5,8-17H2. The molecule has 1 unspecified atom stereocenters. The lowest BCUT2D eigenvalue weighted by Crippen LogP contribution is -2.48. The van der Waals surface area contributed by atoms with Crippen LogP contribution >= 0.6 is 0 Å². The number of benzene rings is 1. The van der Waals surface area contributed by atoms with Crippen LogP contribution in [0.5, 0.6) is 0 Å². The number of fused-ring (bicyclic) bond motifs is 3. The predicted octanol–water partition coefficient (Wildman–Crippen LogP) is 1.97. The molecule has 1 aromatic carbocycles. The Labute approximate surface area is 166 Å². The van der Waals surface area contributed by atoms with Gasteiger partial charge in [0, 0.05) is 32.8 Å². The van der Waals surface area contributed by atoms with Crippen LogP contribution in [0.15, 0.2) is 24.3 Å². The second-order valence-electron chi connectivity index (χ2n) is 8.17. The summed E-state index contributed by atoms with van der Waals surface area (Å²) in [4.78, 5) is 12.4. The zero-order valence-electron chi connectivity index (χ0n) is 16.6. The van der Waals surface area contributed by atoms with Crippen molar-refractivity contribution in [1.82, 2.24) is 19.4 Å². The summed E-state index contributed by atoms with van der Waals surface area (Å²) in [7, 11) is 0. The van der Waals surface area contributed by atoms with Crippen molar-refractivity contribution in [3.8, 4) is 0 Å². The number of hydrogen-bond acceptors (Lipinski definition) is 6. The zero-order chi connectivity index (χ0) is 18.8. The highest BCUT2D eigenvalue weighted by molar-refractivity contribution is 5.79. The van der Waals surface area contributed by atoms with Gasteiger partial charge < -0.3 is 14.4 Å². The molecule has 0 amide bonds. The average Bonchev–Trinajstić information content (AvgIpc) is 3.37. The molecule has 3 aliphatic rings. The van der Waals surface area contributed by atoms with E-state index < -0.39 is 0 Å². The van der Waals surface area contributed by atoms with Gasteiger partial charge in [-0.3, -0.25) is 14.4 Å². The molecule has 1 atom stereocenters. The molecule has 0 spiro atoms. The number of nitrogens with zero attached hydrogens (tertiary/aromatic N) is 5. The molecular formula is C21H31N5O2. The second kappa shape index (κ2) is 8.37. The van der Waals surface area contributed by atoms with Gasteiger partial charge in [-0.25, -0.2) is 4.98 Å². The Bertz CT molecular complexity index is 782. The normalized spacial score (nSPS) is 24.1. The van der Waals surface area contributed by atoms with E-state index in [1.54, 1.807) is 0 Å². The van der Waals surface area contributed by atoms with Crippen molar-refractivity contribution in [2.45, 2.75) is 32.0 Å². The Morgan fingerprint density at radius 2 is 1.86 bits per heavy atom. The zero-order valence-corrected chi connectivity index (χ0v) is 16.6. The monoisotopic (exact) mass is 385 g/mol. The van der Waals surface area contributed by atoms with Gasteiger partial charge in [-0.15, -0.1) is 0 Å². The van der Waals surface area contributed by atoms with E-state index in [1.807, 2.05) is 0 Å². The molecule has 2 saturated heterocycles. The SMILES string of the molecule is c1ccc2c(c1)nc1n2CN(CCCN2CCOCC2)CN1CC1CCCO1. The lowest BCUT2D eigenvalue weighted by Gasteiger charge is -2.38. The molecule has 4 heterocycles. The van der Waals surface area contributed by atoms with Crippen LogP contribution in [0.3, 0.4) is 0 Å². The number of anilines is 1. The lowest BCUT2D eigenvalue weighted by atomic mass is 10.2. The maximum absolute atomic E-state index is 5.92.